The highest BCUT2D eigenvalue weighted by Gasteiger charge is 2.31. The predicted octanol–water partition coefficient (Wildman–Crippen LogP) is 3.91. The number of amides is 3. The van der Waals surface area contributed by atoms with Crippen LogP contribution in [0.15, 0.2) is 29.2 Å². The summed E-state index contributed by atoms with van der Waals surface area (Å²) >= 11 is 0. The summed E-state index contributed by atoms with van der Waals surface area (Å²) in [6, 6.07) is 6.24. The van der Waals surface area contributed by atoms with Crippen molar-refractivity contribution in [1.29, 1.82) is 0 Å². The summed E-state index contributed by atoms with van der Waals surface area (Å²) in [4.78, 5) is 24.7. The van der Waals surface area contributed by atoms with Crippen molar-refractivity contribution in [2.45, 2.75) is 80.3 Å². The molecule has 0 spiro atoms. The van der Waals surface area contributed by atoms with E-state index < -0.39 is 21.8 Å². The Morgan fingerprint density at radius 1 is 0.966 bits per heavy atom. The lowest BCUT2D eigenvalue weighted by atomic mass is 9.87. The average molecular weight is 421 g/mol. The molecule has 2 aliphatic carbocycles. The maximum absolute atomic E-state index is 12.9. The van der Waals surface area contributed by atoms with E-state index in [0.717, 1.165) is 50.5 Å². The Labute approximate surface area is 173 Å². The Balaban J connectivity index is 1.79. The first-order valence-corrected chi connectivity index (χ1v) is 12.3. The molecule has 0 aliphatic heterocycles. The number of hydrogen-bond donors (Lipinski definition) is 2. The van der Waals surface area contributed by atoms with Gasteiger partial charge in [0.1, 0.15) is 0 Å². The van der Waals surface area contributed by atoms with Gasteiger partial charge in [0.25, 0.3) is 0 Å². The Hall–Kier alpha value is -1.89. The zero-order valence-corrected chi connectivity index (χ0v) is 18.0. The fraction of sp³-hybridized carbons (Fsp3) is 0.636. The van der Waals surface area contributed by atoms with Gasteiger partial charge in [-0.3, -0.25) is 10.1 Å². The minimum Gasteiger partial charge on any atom is -0.341 e. The summed E-state index contributed by atoms with van der Waals surface area (Å²) in [6.45, 7) is 0. The average Bonchev–Trinajstić information content (AvgIpc) is 3.26. The predicted molar refractivity (Wildman–Crippen MR) is 112 cm³/mol. The second-order valence-electron chi connectivity index (χ2n) is 8.38. The van der Waals surface area contributed by atoms with Crippen molar-refractivity contribution in [1.82, 2.24) is 10.6 Å². The van der Waals surface area contributed by atoms with Crippen LogP contribution in [0.2, 0.25) is 0 Å². The lowest BCUT2D eigenvalue weighted by Gasteiger charge is -2.23. The Morgan fingerprint density at radius 2 is 1.55 bits per heavy atom. The third kappa shape index (κ3) is 5.38. The van der Waals surface area contributed by atoms with Gasteiger partial charge in [0.15, 0.2) is 9.84 Å². The third-order valence-electron chi connectivity index (χ3n) is 6.43. The van der Waals surface area contributed by atoms with Gasteiger partial charge in [-0.1, -0.05) is 57.1 Å². The molecule has 1 unspecified atom stereocenters. The molecule has 3 rings (SSSR count). The van der Waals surface area contributed by atoms with Crippen LogP contribution < -0.4 is 10.6 Å². The number of carbonyl (C=O) groups excluding carboxylic acids is 2. The zero-order chi connectivity index (χ0) is 20.9. The van der Waals surface area contributed by atoms with Gasteiger partial charge in [0, 0.05) is 7.05 Å². The summed E-state index contributed by atoms with van der Waals surface area (Å²) < 4.78 is 25.9. The van der Waals surface area contributed by atoms with Crippen LogP contribution in [0, 0.1) is 5.92 Å². The van der Waals surface area contributed by atoms with Gasteiger partial charge < -0.3 is 5.32 Å². The summed E-state index contributed by atoms with van der Waals surface area (Å²) in [5.41, 5.74) is 0.765. The standard InChI is InChI=1S/C22H32N2O4S/c1-23-22(26)24-21(25)20(15-16-7-5-6-8-16)17-11-13-19(14-12-17)29(27,28)18-9-3-2-4-10-18/h11-14,16,18,20H,2-10,15H2,1H3,(H2,23,24,25,26). The van der Waals surface area contributed by atoms with Crippen LogP contribution in [-0.2, 0) is 14.6 Å². The number of hydrogen-bond acceptors (Lipinski definition) is 4. The normalized spacial score (nSPS) is 19.6. The highest BCUT2D eigenvalue weighted by Crippen LogP contribution is 2.35. The van der Waals surface area contributed by atoms with Crippen molar-refractivity contribution >= 4 is 21.8 Å². The minimum atomic E-state index is -3.33. The first kappa shape index (κ1) is 21.8. The number of rotatable bonds is 6. The van der Waals surface area contributed by atoms with E-state index in [4.69, 9.17) is 0 Å². The van der Waals surface area contributed by atoms with Gasteiger partial charge in [-0.25, -0.2) is 13.2 Å². The van der Waals surface area contributed by atoms with Gasteiger partial charge in [-0.05, 0) is 42.9 Å². The number of imide groups is 1. The Kier molecular flexibility index (Phi) is 7.33. The summed E-state index contributed by atoms with van der Waals surface area (Å²) in [6.07, 6.45) is 9.70. The van der Waals surface area contributed by atoms with Crippen LogP contribution in [0.25, 0.3) is 0 Å². The molecular weight excluding hydrogens is 388 g/mol. The summed E-state index contributed by atoms with van der Waals surface area (Å²) in [5.74, 6) is -0.331. The van der Waals surface area contributed by atoms with Gasteiger partial charge >= 0.3 is 6.03 Å². The van der Waals surface area contributed by atoms with Crippen LogP contribution >= 0.6 is 0 Å². The minimum absolute atomic E-state index is 0.298. The third-order valence-corrected chi connectivity index (χ3v) is 8.70. The Morgan fingerprint density at radius 3 is 2.14 bits per heavy atom. The van der Waals surface area contributed by atoms with E-state index >= 15 is 0 Å². The number of benzene rings is 1. The van der Waals surface area contributed by atoms with E-state index in [1.165, 1.54) is 19.9 Å². The van der Waals surface area contributed by atoms with E-state index in [2.05, 4.69) is 10.6 Å². The number of sulfone groups is 1. The second kappa shape index (κ2) is 9.74. The van der Waals surface area contributed by atoms with E-state index in [-0.39, 0.29) is 11.2 Å². The van der Waals surface area contributed by atoms with Crippen LogP contribution in [0.4, 0.5) is 4.79 Å². The highest BCUT2D eigenvalue weighted by molar-refractivity contribution is 7.92. The van der Waals surface area contributed by atoms with Gasteiger partial charge in [-0.2, -0.15) is 0 Å². The monoisotopic (exact) mass is 420 g/mol. The van der Waals surface area contributed by atoms with Crippen molar-refractivity contribution in [2.75, 3.05) is 7.05 Å². The zero-order valence-electron chi connectivity index (χ0n) is 17.2. The van der Waals surface area contributed by atoms with Crippen molar-refractivity contribution in [3.8, 4) is 0 Å². The molecule has 6 nitrogen and oxygen atoms in total. The highest BCUT2D eigenvalue weighted by atomic mass is 32.2. The fourth-order valence-corrected chi connectivity index (χ4v) is 6.55. The van der Waals surface area contributed by atoms with E-state index in [0.29, 0.717) is 17.2 Å². The summed E-state index contributed by atoms with van der Waals surface area (Å²) in [5, 5.41) is 4.50. The number of nitrogens with one attached hydrogen (secondary N) is 2. The molecule has 0 saturated heterocycles. The molecule has 29 heavy (non-hydrogen) atoms. The largest absolute Gasteiger partial charge is 0.341 e. The van der Waals surface area contributed by atoms with E-state index in [9.17, 15) is 18.0 Å². The van der Waals surface area contributed by atoms with Crippen molar-refractivity contribution in [2.24, 2.45) is 5.92 Å². The molecule has 0 heterocycles. The maximum atomic E-state index is 12.9. The first-order chi connectivity index (χ1) is 13.9. The molecule has 2 N–H and O–H groups in total. The van der Waals surface area contributed by atoms with Crippen molar-refractivity contribution in [3.63, 3.8) is 0 Å². The molecule has 1 atom stereocenters. The lowest BCUT2D eigenvalue weighted by molar-refractivity contribution is -0.121. The fourth-order valence-electron chi connectivity index (χ4n) is 4.69. The molecule has 2 saturated carbocycles. The number of carbonyl (C=O) groups is 2. The van der Waals surface area contributed by atoms with E-state index in [1.807, 2.05) is 0 Å². The SMILES string of the molecule is CNC(=O)NC(=O)C(CC1CCCC1)c1ccc(S(=O)(=O)C2CCCCC2)cc1. The molecule has 0 radical (unpaired) electrons. The maximum Gasteiger partial charge on any atom is 0.321 e. The molecule has 2 fully saturated rings. The molecule has 1 aromatic rings. The van der Waals surface area contributed by atoms with Gasteiger partial charge in [0.05, 0.1) is 16.1 Å². The molecule has 3 amide bonds. The quantitative estimate of drug-likeness (QED) is 0.730. The Bertz CT molecular complexity index is 808. The molecule has 1 aromatic carbocycles. The lowest BCUT2D eigenvalue weighted by Crippen LogP contribution is -2.40. The van der Waals surface area contributed by atoms with Crippen LogP contribution in [-0.4, -0.2) is 32.7 Å². The molecule has 2 aliphatic rings. The first-order valence-electron chi connectivity index (χ1n) is 10.8. The van der Waals surface area contributed by atoms with Crippen LogP contribution in [0.3, 0.4) is 0 Å². The van der Waals surface area contributed by atoms with Gasteiger partial charge in [-0.15, -0.1) is 0 Å². The van der Waals surface area contributed by atoms with Gasteiger partial charge in [0.2, 0.25) is 5.91 Å². The summed E-state index contributed by atoms with van der Waals surface area (Å²) in [7, 11) is -1.86. The smallest absolute Gasteiger partial charge is 0.321 e. The van der Waals surface area contributed by atoms with Crippen molar-refractivity contribution < 1.29 is 18.0 Å². The molecule has 0 bridgehead atoms. The van der Waals surface area contributed by atoms with Crippen LogP contribution in [0.5, 0.6) is 0 Å². The number of urea groups is 1. The van der Waals surface area contributed by atoms with E-state index in [1.54, 1.807) is 24.3 Å². The molecule has 0 aromatic heterocycles. The molecule has 160 valence electrons. The molecule has 7 heteroatoms. The van der Waals surface area contributed by atoms with Crippen LogP contribution in [0.1, 0.15) is 75.7 Å². The van der Waals surface area contributed by atoms with Crippen molar-refractivity contribution in [3.05, 3.63) is 29.8 Å². The second-order valence-corrected chi connectivity index (χ2v) is 10.6. The molecular formula is C22H32N2O4S. The topological polar surface area (TPSA) is 92.3 Å².